The maximum Gasteiger partial charge on any atom is 0.421 e. The number of hydrogen-bond donors (Lipinski definition) is 4. The van der Waals surface area contributed by atoms with Gasteiger partial charge in [-0.05, 0) is 23.8 Å². The van der Waals surface area contributed by atoms with Crippen molar-refractivity contribution in [3.63, 3.8) is 0 Å². The van der Waals surface area contributed by atoms with E-state index in [1.165, 1.54) is 4.31 Å². The van der Waals surface area contributed by atoms with Crippen LogP contribution in [0.5, 0.6) is 0 Å². The first-order chi connectivity index (χ1) is 14.3. The number of benzene rings is 1. The standard InChI is InChI=1S/C19H19F3N6OS/c1-28(30)17-13(3-2-8-23-17)9-24-16-15(19(20,21)22)10-25-18(27-16)26-14-6-4-12(11-29)5-7-14/h2-8,10,29-30H,9,11H2,1H3,(H2,24,25,26,27). The third-order valence-electron chi connectivity index (χ3n) is 4.11. The van der Waals surface area contributed by atoms with Gasteiger partial charge in [-0.2, -0.15) is 18.2 Å². The van der Waals surface area contributed by atoms with Crippen LogP contribution in [0.1, 0.15) is 16.7 Å². The molecule has 0 unspecified atom stereocenters. The highest BCUT2D eigenvalue weighted by atomic mass is 32.1. The molecule has 2 heterocycles. The number of aliphatic hydroxyl groups is 1. The van der Waals surface area contributed by atoms with Gasteiger partial charge in [-0.3, -0.25) is 0 Å². The van der Waals surface area contributed by atoms with Crippen molar-refractivity contribution in [1.29, 1.82) is 0 Å². The lowest BCUT2D eigenvalue weighted by Crippen LogP contribution is -2.15. The van der Waals surface area contributed by atoms with Gasteiger partial charge in [0.2, 0.25) is 5.95 Å². The lowest BCUT2D eigenvalue weighted by Gasteiger charge is -2.17. The third kappa shape index (κ3) is 5.30. The molecule has 0 saturated carbocycles. The summed E-state index contributed by atoms with van der Waals surface area (Å²) < 4.78 is 41.8. The second-order valence-corrected chi connectivity index (χ2v) is 6.90. The molecular weight excluding hydrogens is 417 g/mol. The molecule has 2 aromatic heterocycles. The van der Waals surface area contributed by atoms with E-state index in [1.807, 2.05) is 0 Å². The van der Waals surface area contributed by atoms with Crippen LogP contribution in [-0.2, 0) is 19.3 Å². The monoisotopic (exact) mass is 436 g/mol. The molecule has 3 N–H and O–H groups in total. The fraction of sp³-hybridized carbons (Fsp3) is 0.211. The highest BCUT2D eigenvalue weighted by Gasteiger charge is 2.35. The Morgan fingerprint density at radius 2 is 1.87 bits per heavy atom. The van der Waals surface area contributed by atoms with Crippen LogP contribution in [0.2, 0.25) is 0 Å². The van der Waals surface area contributed by atoms with E-state index in [-0.39, 0.29) is 24.9 Å². The molecule has 0 amide bonds. The average molecular weight is 436 g/mol. The molecule has 0 aliphatic heterocycles. The number of hydrogen-bond acceptors (Lipinski definition) is 8. The van der Waals surface area contributed by atoms with Gasteiger partial charge in [0.05, 0.1) is 6.61 Å². The topological polar surface area (TPSA) is 86.2 Å². The number of thiol groups is 1. The van der Waals surface area contributed by atoms with E-state index < -0.39 is 11.7 Å². The first-order valence-corrected chi connectivity index (χ1v) is 9.19. The van der Waals surface area contributed by atoms with Crippen molar-refractivity contribution in [3.05, 3.63) is 65.5 Å². The summed E-state index contributed by atoms with van der Waals surface area (Å²) >= 11 is 4.20. The Morgan fingerprint density at radius 3 is 2.50 bits per heavy atom. The quantitative estimate of drug-likeness (QED) is 0.416. The maximum absolute atomic E-state index is 13.4. The molecule has 3 aromatic rings. The number of halogens is 3. The van der Waals surface area contributed by atoms with E-state index in [2.05, 4.69) is 38.4 Å². The Balaban J connectivity index is 1.86. The zero-order valence-corrected chi connectivity index (χ0v) is 16.7. The molecule has 7 nitrogen and oxygen atoms in total. The number of aromatic nitrogens is 3. The van der Waals surface area contributed by atoms with Gasteiger partial charge in [0.25, 0.3) is 0 Å². The van der Waals surface area contributed by atoms with Crippen LogP contribution in [0.3, 0.4) is 0 Å². The van der Waals surface area contributed by atoms with Crippen LogP contribution in [0, 0.1) is 0 Å². The summed E-state index contributed by atoms with van der Waals surface area (Å²) in [5.41, 5.74) is 0.950. The second kappa shape index (κ2) is 9.18. The van der Waals surface area contributed by atoms with Gasteiger partial charge in [-0.15, -0.1) is 0 Å². The van der Waals surface area contributed by atoms with Crippen LogP contribution < -0.4 is 14.9 Å². The van der Waals surface area contributed by atoms with Gasteiger partial charge in [-0.25, -0.2) is 9.97 Å². The summed E-state index contributed by atoms with van der Waals surface area (Å²) in [7, 11) is 1.67. The Hall–Kier alpha value is -3.05. The molecule has 0 aliphatic rings. The van der Waals surface area contributed by atoms with E-state index >= 15 is 0 Å². The van der Waals surface area contributed by atoms with Gasteiger partial charge in [-0.1, -0.05) is 31.0 Å². The SMILES string of the molecule is CN(S)c1ncccc1CNc1nc(Nc2ccc(CO)cc2)ncc1C(F)(F)F. The minimum atomic E-state index is -4.62. The van der Waals surface area contributed by atoms with Crippen molar-refractivity contribution in [2.24, 2.45) is 0 Å². The van der Waals surface area contributed by atoms with Crippen LogP contribution >= 0.6 is 12.8 Å². The molecule has 0 saturated heterocycles. The van der Waals surface area contributed by atoms with Crippen molar-refractivity contribution < 1.29 is 18.3 Å². The maximum atomic E-state index is 13.4. The molecule has 0 atom stereocenters. The molecule has 1 aromatic carbocycles. The number of rotatable bonds is 7. The zero-order valence-electron chi connectivity index (χ0n) is 15.9. The Kier molecular flexibility index (Phi) is 6.63. The smallest absolute Gasteiger partial charge is 0.392 e. The van der Waals surface area contributed by atoms with Gasteiger partial charge in [0.1, 0.15) is 17.2 Å². The molecule has 158 valence electrons. The normalized spacial score (nSPS) is 11.3. The van der Waals surface area contributed by atoms with Crippen molar-refractivity contribution in [2.75, 3.05) is 22.0 Å². The fourth-order valence-corrected chi connectivity index (χ4v) is 2.83. The van der Waals surface area contributed by atoms with Crippen molar-refractivity contribution in [2.45, 2.75) is 19.3 Å². The van der Waals surface area contributed by atoms with Crippen molar-refractivity contribution in [3.8, 4) is 0 Å². The minimum absolute atomic E-state index is 0.0000260. The number of aliphatic hydroxyl groups excluding tert-OH is 1. The number of pyridine rings is 1. The molecule has 3 rings (SSSR count). The molecule has 11 heteroatoms. The van der Waals surface area contributed by atoms with Gasteiger partial charge in [0, 0.05) is 37.2 Å². The van der Waals surface area contributed by atoms with Crippen LogP contribution in [0.25, 0.3) is 0 Å². The average Bonchev–Trinajstić information content (AvgIpc) is 2.72. The Morgan fingerprint density at radius 1 is 1.13 bits per heavy atom. The molecule has 0 fully saturated rings. The van der Waals surface area contributed by atoms with Crippen LogP contribution in [0.4, 0.5) is 36.4 Å². The van der Waals surface area contributed by atoms with Gasteiger partial charge in [0.15, 0.2) is 0 Å². The zero-order chi connectivity index (χ0) is 21.7. The van der Waals surface area contributed by atoms with Crippen molar-refractivity contribution in [1.82, 2.24) is 15.0 Å². The predicted molar refractivity (Wildman–Crippen MR) is 112 cm³/mol. The fourth-order valence-electron chi connectivity index (χ4n) is 2.65. The van der Waals surface area contributed by atoms with E-state index in [9.17, 15) is 13.2 Å². The number of nitrogens with zero attached hydrogens (tertiary/aromatic N) is 4. The molecular formula is C19H19F3N6OS. The predicted octanol–water partition coefficient (Wildman–Crippen LogP) is 4.02. The first kappa shape index (κ1) is 21.7. The van der Waals surface area contributed by atoms with Crippen molar-refractivity contribution >= 4 is 36.1 Å². The third-order valence-corrected chi connectivity index (χ3v) is 4.30. The summed E-state index contributed by atoms with van der Waals surface area (Å²) in [5, 5.41) is 14.7. The first-order valence-electron chi connectivity index (χ1n) is 8.79. The molecule has 30 heavy (non-hydrogen) atoms. The second-order valence-electron chi connectivity index (χ2n) is 6.30. The Labute approximate surface area is 176 Å². The minimum Gasteiger partial charge on any atom is -0.392 e. The van der Waals surface area contributed by atoms with Gasteiger partial charge >= 0.3 is 6.18 Å². The molecule has 0 spiro atoms. The summed E-state index contributed by atoms with van der Waals surface area (Å²) in [5.74, 6) is 0.154. The summed E-state index contributed by atoms with van der Waals surface area (Å²) in [6, 6.07) is 10.1. The van der Waals surface area contributed by atoms with Crippen LogP contribution in [-0.4, -0.2) is 27.1 Å². The summed E-state index contributed by atoms with van der Waals surface area (Å²) in [6.45, 7) is -0.0538. The lowest BCUT2D eigenvalue weighted by molar-refractivity contribution is -0.137. The van der Waals surface area contributed by atoms with E-state index in [0.717, 1.165) is 6.20 Å². The molecule has 0 bridgehead atoms. The summed E-state index contributed by atoms with van der Waals surface area (Å²) in [6.07, 6.45) is -2.32. The van der Waals surface area contributed by atoms with Gasteiger partial charge < -0.3 is 20.0 Å². The Bertz CT molecular complexity index is 998. The number of nitrogens with one attached hydrogen (secondary N) is 2. The highest BCUT2D eigenvalue weighted by Crippen LogP contribution is 2.34. The van der Waals surface area contributed by atoms with E-state index in [1.54, 1.807) is 49.6 Å². The number of anilines is 4. The highest BCUT2D eigenvalue weighted by molar-refractivity contribution is 7.81. The van der Waals surface area contributed by atoms with E-state index in [4.69, 9.17) is 5.11 Å². The van der Waals surface area contributed by atoms with E-state index in [0.29, 0.717) is 22.6 Å². The number of alkyl halides is 3. The lowest BCUT2D eigenvalue weighted by atomic mass is 10.2. The van der Waals surface area contributed by atoms with Crippen LogP contribution in [0.15, 0.2) is 48.8 Å². The molecule has 0 radical (unpaired) electrons. The molecule has 0 aliphatic carbocycles. The summed E-state index contributed by atoms with van der Waals surface area (Å²) in [4.78, 5) is 12.0. The largest absolute Gasteiger partial charge is 0.421 e.